The van der Waals surface area contributed by atoms with Crippen molar-refractivity contribution in [3.8, 4) is 0 Å². The van der Waals surface area contributed by atoms with Crippen molar-refractivity contribution in [3.63, 3.8) is 0 Å². The van der Waals surface area contributed by atoms with E-state index in [0.717, 1.165) is 24.0 Å². The van der Waals surface area contributed by atoms with Crippen LogP contribution in [-0.4, -0.2) is 41.0 Å². The van der Waals surface area contributed by atoms with Crippen molar-refractivity contribution >= 4 is 17.4 Å². The van der Waals surface area contributed by atoms with Gasteiger partial charge in [-0.05, 0) is 54.2 Å². The molecule has 2 aromatic carbocycles. The monoisotopic (exact) mass is 423 g/mol. The van der Waals surface area contributed by atoms with Crippen molar-refractivity contribution in [1.82, 2.24) is 4.90 Å². The zero-order valence-corrected chi connectivity index (χ0v) is 17.7. The molecule has 5 nitrogen and oxygen atoms in total. The fraction of sp³-hybridized carbons (Fsp3) is 0.360. The Hall–Kier alpha value is -2.99. The van der Waals surface area contributed by atoms with Crippen molar-refractivity contribution in [1.29, 1.82) is 0 Å². The van der Waals surface area contributed by atoms with Crippen LogP contribution in [0.2, 0.25) is 0 Å². The summed E-state index contributed by atoms with van der Waals surface area (Å²) in [4.78, 5) is 27.5. The number of amides is 1. The highest BCUT2D eigenvalue weighted by atomic mass is 19.1. The number of nitrogens with zero attached hydrogens (tertiary/aromatic N) is 1. The van der Waals surface area contributed by atoms with Crippen molar-refractivity contribution in [2.45, 2.75) is 44.8 Å². The molecule has 2 unspecified atom stereocenters. The van der Waals surface area contributed by atoms with Crippen LogP contribution in [0.5, 0.6) is 0 Å². The number of ketones is 1. The van der Waals surface area contributed by atoms with Gasteiger partial charge in [-0.3, -0.25) is 9.59 Å². The fourth-order valence-electron chi connectivity index (χ4n) is 4.25. The van der Waals surface area contributed by atoms with Crippen LogP contribution >= 0.6 is 0 Å². The largest absolute Gasteiger partial charge is 0.507 e. The maximum atomic E-state index is 13.4. The summed E-state index contributed by atoms with van der Waals surface area (Å²) in [7, 11) is 0. The standard InChI is InChI=1S/C25H26FNO4/c1-15(2)16-5-7-17(8-6-16)22-21(23(28)18-9-11-19(26)12-10-18)24(29)25(30)27(22)14-20-4-3-13-31-20/h5-12,15,20,22,28H,3-4,13-14H2,1-2H3/b23-21-. The number of aliphatic hydroxyl groups is 1. The topological polar surface area (TPSA) is 66.8 Å². The Labute approximate surface area is 181 Å². The van der Waals surface area contributed by atoms with Gasteiger partial charge in [-0.2, -0.15) is 0 Å². The summed E-state index contributed by atoms with van der Waals surface area (Å²) in [6.07, 6.45) is 1.60. The minimum Gasteiger partial charge on any atom is -0.507 e. The Morgan fingerprint density at radius 2 is 1.81 bits per heavy atom. The molecule has 6 heteroatoms. The van der Waals surface area contributed by atoms with Crippen LogP contribution in [0.25, 0.3) is 5.76 Å². The maximum absolute atomic E-state index is 13.4. The highest BCUT2D eigenvalue weighted by Crippen LogP contribution is 2.40. The summed E-state index contributed by atoms with van der Waals surface area (Å²) in [5, 5.41) is 11.0. The lowest BCUT2D eigenvalue weighted by atomic mass is 9.93. The van der Waals surface area contributed by atoms with Gasteiger partial charge < -0.3 is 14.7 Å². The first-order valence-corrected chi connectivity index (χ1v) is 10.6. The predicted molar refractivity (Wildman–Crippen MR) is 115 cm³/mol. The van der Waals surface area contributed by atoms with Crippen molar-refractivity contribution < 1.29 is 23.8 Å². The van der Waals surface area contributed by atoms with Crippen molar-refractivity contribution in [2.24, 2.45) is 0 Å². The molecule has 2 aliphatic rings. The van der Waals surface area contributed by atoms with Gasteiger partial charge in [0, 0.05) is 18.7 Å². The molecular formula is C25H26FNO4. The molecular weight excluding hydrogens is 397 g/mol. The Kier molecular flexibility index (Phi) is 5.92. The van der Waals surface area contributed by atoms with Gasteiger partial charge in [0.05, 0.1) is 17.7 Å². The molecule has 2 aromatic rings. The number of rotatable bonds is 5. The summed E-state index contributed by atoms with van der Waals surface area (Å²) in [6, 6.07) is 12.2. The molecule has 1 N–H and O–H groups in total. The molecule has 2 fully saturated rings. The third-order valence-electron chi connectivity index (χ3n) is 6.00. The Morgan fingerprint density at radius 1 is 1.13 bits per heavy atom. The number of carbonyl (C=O) groups is 2. The highest BCUT2D eigenvalue weighted by Gasteiger charge is 2.47. The summed E-state index contributed by atoms with van der Waals surface area (Å²) >= 11 is 0. The first kappa shape index (κ1) is 21.2. The van der Waals surface area contributed by atoms with Crippen LogP contribution in [0.3, 0.4) is 0 Å². The smallest absolute Gasteiger partial charge is 0.295 e. The number of Topliss-reactive ketones (excluding diaryl/α,β-unsaturated/α-hetero) is 1. The molecule has 0 radical (unpaired) electrons. The Balaban J connectivity index is 1.80. The molecule has 2 heterocycles. The van der Waals surface area contributed by atoms with E-state index in [0.29, 0.717) is 18.1 Å². The molecule has 0 bridgehead atoms. The van der Waals surface area contributed by atoms with Gasteiger partial charge in [-0.15, -0.1) is 0 Å². The van der Waals surface area contributed by atoms with Crippen LogP contribution in [0.1, 0.15) is 55.3 Å². The first-order chi connectivity index (χ1) is 14.9. The van der Waals surface area contributed by atoms with E-state index in [4.69, 9.17) is 4.74 Å². The highest BCUT2D eigenvalue weighted by molar-refractivity contribution is 6.46. The second-order valence-electron chi connectivity index (χ2n) is 8.41. The maximum Gasteiger partial charge on any atom is 0.295 e. The van der Waals surface area contributed by atoms with Gasteiger partial charge in [-0.25, -0.2) is 4.39 Å². The van der Waals surface area contributed by atoms with E-state index in [1.165, 1.54) is 29.2 Å². The normalized spacial score (nSPS) is 23.2. The third-order valence-corrected chi connectivity index (χ3v) is 6.00. The third kappa shape index (κ3) is 4.12. The minimum absolute atomic E-state index is 0.0203. The molecule has 2 saturated heterocycles. The minimum atomic E-state index is -0.738. The number of ether oxygens (including phenoxy) is 1. The molecule has 162 valence electrons. The van der Waals surface area contributed by atoms with Gasteiger partial charge in [0.25, 0.3) is 11.7 Å². The van der Waals surface area contributed by atoms with E-state index in [9.17, 15) is 19.1 Å². The van der Waals surface area contributed by atoms with Crippen molar-refractivity contribution in [2.75, 3.05) is 13.2 Å². The SMILES string of the molecule is CC(C)c1ccc(C2/C(=C(/O)c3ccc(F)cc3)C(=O)C(=O)N2CC2CCCO2)cc1. The van der Waals surface area contributed by atoms with Gasteiger partial charge in [0.2, 0.25) is 0 Å². The molecule has 0 saturated carbocycles. The van der Waals surface area contributed by atoms with Crippen molar-refractivity contribution in [3.05, 3.63) is 76.6 Å². The molecule has 2 atom stereocenters. The quantitative estimate of drug-likeness (QED) is 0.435. The molecule has 0 aliphatic carbocycles. The van der Waals surface area contributed by atoms with Crippen LogP contribution in [-0.2, 0) is 14.3 Å². The van der Waals surface area contributed by atoms with Crippen LogP contribution in [0.15, 0.2) is 54.1 Å². The summed E-state index contributed by atoms with van der Waals surface area (Å²) < 4.78 is 19.1. The second-order valence-corrected chi connectivity index (χ2v) is 8.41. The van der Waals surface area contributed by atoms with E-state index in [-0.39, 0.29) is 24.0 Å². The number of hydrogen-bond acceptors (Lipinski definition) is 4. The number of benzene rings is 2. The Morgan fingerprint density at radius 3 is 2.39 bits per heavy atom. The van der Waals surface area contributed by atoms with Gasteiger partial charge >= 0.3 is 0 Å². The summed E-state index contributed by atoms with van der Waals surface area (Å²) in [5.41, 5.74) is 2.19. The van der Waals surface area contributed by atoms with Crippen LogP contribution < -0.4 is 0 Å². The molecule has 4 rings (SSSR count). The Bertz CT molecular complexity index is 1000. The number of aliphatic hydroxyl groups excluding tert-OH is 1. The number of hydrogen-bond donors (Lipinski definition) is 1. The number of likely N-dealkylation sites (tertiary alicyclic amines) is 1. The second kappa shape index (κ2) is 8.63. The van der Waals surface area contributed by atoms with E-state index < -0.39 is 23.5 Å². The lowest BCUT2D eigenvalue weighted by Crippen LogP contribution is -2.36. The molecule has 0 aromatic heterocycles. The predicted octanol–water partition coefficient (Wildman–Crippen LogP) is 4.55. The average molecular weight is 423 g/mol. The van der Waals surface area contributed by atoms with E-state index in [1.807, 2.05) is 24.3 Å². The van der Waals surface area contributed by atoms with Gasteiger partial charge in [0.1, 0.15) is 11.6 Å². The lowest BCUT2D eigenvalue weighted by Gasteiger charge is -2.27. The zero-order chi connectivity index (χ0) is 22.1. The fourth-order valence-corrected chi connectivity index (χ4v) is 4.25. The first-order valence-electron chi connectivity index (χ1n) is 10.6. The van der Waals surface area contributed by atoms with E-state index in [2.05, 4.69) is 13.8 Å². The van der Waals surface area contributed by atoms with Crippen LogP contribution in [0.4, 0.5) is 4.39 Å². The summed E-state index contributed by atoms with van der Waals surface area (Å²) in [5.74, 6) is -1.80. The number of halogens is 1. The van der Waals surface area contributed by atoms with E-state index in [1.54, 1.807) is 0 Å². The molecule has 31 heavy (non-hydrogen) atoms. The van der Waals surface area contributed by atoms with E-state index >= 15 is 0 Å². The van der Waals surface area contributed by atoms with Gasteiger partial charge in [0.15, 0.2) is 0 Å². The average Bonchev–Trinajstić information content (AvgIpc) is 3.36. The molecule has 2 aliphatic heterocycles. The molecule has 0 spiro atoms. The molecule has 1 amide bonds. The zero-order valence-electron chi connectivity index (χ0n) is 17.7. The number of carbonyl (C=O) groups excluding carboxylic acids is 2. The summed E-state index contributed by atoms with van der Waals surface area (Å²) in [6.45, 7) is 5.10. The lowest BCUT2D eigenvalue weighted by molar-refractivity contribution is -0.140. The van der Waals surface area contributed by atoms with Crippen LogP contribution in [0, 0.1) is 5.82 Å². The van der Waals surface area contributed by atoms with Gasteiger partial charge in [-0.1, -0.05) is 38.1 Å².